The molecule has 1 unspecified atom stereocenters. The summed E-state index contributed by atoms with van der Waals surface area (Å²) in [6.45, 7) is 3.23. The smallest absolute Gasteiger partial charge is 0.282 e. The summed E-state index contributed by atoms with van der Waals surface area (Å²) in [5.41, 5.74) is 0. The Labute approximate surface area is 59.8 Å². The van der Waals surface area contributed by atoms with Crippen LogP contribution in [0, 0.1) is 5.92 Å². The Balaban J connectivity index is 4.24. The first-order valence-corrected chi connectivity index (χ1v) is 4.40. The Morgan fingerprint density at radius 1 is 1.44 bits per heavy atom. The van der Waals surface area contributed by atoms with Crippen LogP contribution in [0.15, 0.2) is 0 Å². The van der Waals surface area contributed by atoms with Crippen molar-refractivity contribution in [1.29, 1.82) is 0 Å². The van der Waals surface area contributed by atoms with Gasteiger partial charge in [0.05, 0.1) is 0 Å². The predicted octanol–water partition coefficient (Wildman–Crippen LogP) is 1.10. The van der Waals surface area contributed by atoms with Gasteiger partial charge in [0.2, 0.25) is 0 Å². The molecule has 0 fully saturated rings. The Kier molecular flexibility index (Phi) is 2.92. The van der Waals surface area contributed by atoms with Crippen molar-refractivity contribution < 1.29 is 13.0 Å². The van der Waals surface area contributed by atoms with E-state index in [-0.39, 0.29) is 5.92 Å². The fraction of sp³-hybridized carbons (Fsp3) is 1.00. The van der Waals surface area contributed by atoms with Gasteiger partial charge in [-0.3, -0.25) is 4.55 Å². The van der Waals surface area contributed by atoms with Crippen LogP contribution in [0.1, 0.15) is 13.8 Å². The van der Waals surface area contributed by atoms with Gasteiger partial charge in [-0.1, -0.05) is 13.8 Å². The molecule has 0 saturated heterocycles. The number of rotatable bonds is 2. The Morgan fingerprint density at radius 3 is 1.78 bits per heavy atom. The summed E-state index contributed by atoms with van der Waals surface area (Å²) in [4.78, 5) is 0. The molecule has 0 saturated carbocycles. The second-order valence-electron chi connectivity index (χ2n) is 2.11. The molecule has 0 spiro atoms. The molecule has 5 heteroatoms. The lowest BCUT2D eigenvalue weighted by Gasteiger charge is -2.07. The van der Waals surface area contributed by atoms with E-state index in [1.807, 2.05) is 0 Å². The maximum absolute atomic E-state index is 10.2. The highest BCUT2D eigenvalue weighted by molar-refractivity contribution is 7.87. The maximum atomic E-state index is 10.2. The third-order valence-electron chi connectivity index (χ3n) is 0.809. The third kappa shape index (κ3) is 3.03. The van der Waals surface area contributed by atoms with Gasteiger partial charge >= 0.3 is 0 Å². The maximum Gasteiger partial charge on any atom is 0.282 e. The lowest BCUT2D eigenvalue weighted by molar-refractivity contribution is 0.466. The van der Waals surface area contributed by atoms with Crippen molar-refractivity contribution in [2.75, 3.05) is 0 Å². The number of hydrogen-bond acceptors (Lipinski definition) is 2. The van der Waals surface area contributed by atoms with Gasteiger partial charge in [0.15, 0.2) is 4.71 Å². The summed E-state index contributed by atoms with van der Waals surface area (Å²) < 4.78 is 27.5. The van der Waals surface area contributed by atoms with Crippen LogP contribution >= 0.6 is 11.6 Å². The first kappa shape index (κ1) is 9.20. The monoisotopic (exact) mass is 172 g/mol. The molecule has 56 valence electrons. The van der Waals surface area contributed by atoms with E-state index in [9.17, 15) is 8.42 Å². The molecular weight excluding hydrogens is 164 g/mol. The molecule has 0 aromatic heterocycles. The van der Waals surface area contributed by atoms with Crippen LogP contribution in [-0.4, -0.2) is 17.7 Å². The minimum absolute atomic E-state index is 0.262. The molecule has 0 aliphatic carbocycles. The van der Waals surface area contributed by atoms with E-state index in [4.69, 9.17) is 16.2 Å². The van der Waals surface area contributed by atoms with Gasteiger partial charge in [-0.25, -0.2) is 0 Å². The third-order valence-corrected chi connectivity index (χ3v) is 3.10. The zero-order valence-corrected chi connectivity index (χ0v) is 6.78. The Hall–Kier alpha value is 0.200. The van der Waals surface area contributed by atoms with Crippen molar-refractivity contribution in [3.63, 3.8) is 0 Å². The second kappa shape index (κ2) is 2.86. The van der Waals surface area contributed by atoms with Crippen molar-refractivity contribution >= 4 is 21.7 Å². The van der Waals surface area contributed by atoms with E-state index < -0.39 is 14.8 Å². The molecule has 0 heterocycles. The zero-order valence-electron chi connectivity index (χ0n) is 5.20. The lowest BCUT2D eigenvalue weighted by atomic mass is 10.3. The predicted molar refractivity (Wildman–Crippen MR) is 36.0 cm³/mol. The molecule has 3 nitrogen and oxygen atoms in total. The average Bonchev–Trinajstić information content (AvgIpc) is 1.62. The summed E-state index contributed by atoms with van der Waals surface area (Å²) in [5, 5.41) is 0. The normalized spacial score (nSPS) is 16.1. The van der Waals surface area contributed by atoms with E-state index >= 15 is 0 Å². The molecular formula is C4H9ClO3S. The van der Waals surface area contributed by atoms with Gasteiger partial charge in [0.1, 0.15) is 0 Å². The highest BCUT2D eigenvalue weighted by Crippen LogP contribution is 2.14. The average molecular weight is 173 g/mol. The molecule has 1 atom stereocenters. The van der Waals surface area contributed by atoms with Crippen LogP contribution in [0.2, 0.25) is 0 Å². The summed E-state index contributed by atoms with van der Waals surface area (Å²) in [6.07, 6.45) is 0. The first-order chi connectivity index (χ1) is 3.85. The highest BCUT2D eigenvalue weighted by Gasteiger charge is 2.22. The van der Waals surface area contributed by atoms with Crippen LogP contribution in [0.5, 0.6) is 0 Å². The van der Waals surface area contributed by atoms with Gasteiger partial charge in [0.25, 0.3) is 10.1 Å². The molecule has 0 aromatic rings. The summed E-state index contributed by atoms with van der Waals surface area (Å²) in [5.74, 6) is -0.262. The van der Waals surface area contributed by atoms with Crippen LogP contribution in [-0.2, 0) is 10.1 Å². The van der Waals surface area contributed by atoms with Gasteiger partial charge in [0, 0.05) is 0 Å². The summed E-state index contributed by atoms with van der Waals surface area (Å²) >= 11 is 5.25. The Bertz CT molecular complexity index is 172. The molecule has 0 radical (unpaired) electrons. The number of halogens is 1. The fourth-order valence-corrected chi connectivity index (χ4v) is 1.03. The minimum atomic E-state index is -4.04. The largest absolute Gasteiger partial charge is 0.284 e. The van der Waals surface area contributed by atoms with E-state index in [1.54, 1.807) is 13.8 Å². The highest BCUT2D eigenvalue weighted by atomic mass is 35.5. The summed E-state index contributed by atoms with van der Waals surface area (Å²) in [7, 11) is -4.04. The van der Waals surface area contributed by atoms with E-state index in [2.05, 4.69) is 0 Å². The van der Waals surface area contributed by atoms with Gasteiger partial charge < -0.3 is 0 Å². The Morgan fingerprint density at radius 2 is 1.78 bits per heavy atom. The molecule has 0 bridgehead atoms. The fourth-order valence-electron chi connectivity index (χ4n) is 0.344. The molecule has 0 aliphatic heterocycles. The molecule has 9 heavy (non-hydrogen) atoms. The topological polar surface area (TPSA) is 54.4 Å². The van der Waals surface area contributed by atoms with Crippen LogP contribution < -0.4 is 0 Å². The second-order valence-corrected chi connectivity index (χ2v) is 4.38. The summed E-state index contributed by atoms with van der Waals surface area (Å²) in [6, 6.07) is 0. The van der Waals surface area contributed by atoms with Crippen LogP contribution in [0.3, 0.4) is 0 Å². The van der Waals surface area contributed by atoms with Gasteiger partial charge in [-0.05, 0) is 5.92 Å². The minimum Gasteiger partial charge on any atom is -0.284 e. The van der Waals surface area contributed by atoms with Crippen LogP contribution in [0.4, 0.5) is 0 Å². The van der Waals surface area contributed by atoms with Gasteiger partial charge in [-0.2, -0.15) is 8.42 Å². The standard InChI is InChI=1S/C4H9ClO3S/c1-3(2)4(5)9(6,7)8/h3-4H,1-2H3,(H,6,7,8). The number of hydrogen-bond donors (Lipinski definition) is 1. The SMILES string of the molecule is CC(C)C(Cl)S(=O)(=O)O. The van der Waals surface area contributed by atoms with Crippen molar-refractivity contribution in [2.45, 2.75) is 18.6 Å². The molecule has 0 amide bonds. The van der Waals surface area contributed by atoms with Crippen molar-refractivity contribution in [3.05, 3.63) is 0 Å². The van der Waals surface area contributed by atoms with E-state index in [1.165, 1.54) is 0 Å². The molecule has 1 N–H and O–H groups in total. The molecule has 0 aromatic carbocycles. The van der Waals surface area contributed by atoms with E-state index in [0.717, 1.165) is 0 Å². The van der Waals surface area contributed by atoms with Crippen molar-refractivity contribution in [3.8, 4) is 0 Å². The zero-order chi connectivity index (χ0) is 7.65. The van der Waals surface area contributed by atoms with Crippen LogP contribution in [0.25, 0.3) is 0 Å². The van der Waals surface area contributed by atoms with Gasteiger partial charge in [-0.15, -0.1) is 11.6 Å². The lowest BCUT2D eigenvalue weighted by Crippen LogP contribution is -2.19. The molecule has 0 rings (SSSR count). The first-order valence-electron chi connectivity index (χ1n) is 2.46. The van der Waals surface area contributed by atoms with Crippen molar-refractivity contribution in [2.24, 2.45) is 5.92 Å². The van der Waals surface area contributed by atoms with E-state index in [0.29, 0.717) is 0 Å². The number of alkyl halides is 1. The molecule has 0 aliphatic rings. The quantitative estimate of drug-likeness (QED) is 0.501. The van der Waals surface area contributed by atoms with Crippen molar-refractivity contribution in [1.82, 2.24) is 0 Å².